The molecule has 0 saturated heterocycles. The maximum absolute atomic E-state index is 2.71. The molecule has 0 radical (unpaired) electrons. The molecule has 4 unspecified atom stereocenters. The van der Waals surface area contributed by atoms with E-state index in [-0.39, 0.29) is 21.9 Å². The average Bonchev–Trinajstić information content (AvgIpc) is 3.15. The summed E-state index contributed by atoms with van der Waals surface area (Å²) in [5.41, 5.74) is 23.1. The van der Waals surface area contributed by atoms with Gasteiger partial charge in [-0.3, -0.25) is 0 Å². The van der Waals surface area contributed by atoms with Crippen LogP contribution in [-0.2, 0) is 10.8 Å². The summed E-state index contributed by atoms with van der Waals surface area (Å²) in [6, 6.07) is 92.5. The molecule has 0 spiro atoms. The lowest BCUT2D eigenvalue weighted by Gasteiger charge is -2.46. The summed E-state index contributed by atoms with van der Waals surface area (Å²) >= 11 is 0. The minimum Gasteiger partial charge on any atom is -0.334 e. The molecule has 15 rings (SSSR count). The van der Waals surface area contributed by atoms with Crippen molar-refractivity contribution in [1.82, 2.24) is 0 Å². The third kappa shape index (κ3) is 7.81. The molecule has 0 bridgehead atoms. The molecule has 11 aromatic rings. The van der Waals surface area contributed by atoms with E-state index in [0.717, 1.165) is 0 Å². The van der Waals surface area contributed by atoms with Crippen molar-refractivity contribution in [1.29, 1.82) is 0 Å². The molecule has 402 valence electrons. The minimum absolute atomic E-state index is 0.00657. The number of hydrogen-bond donors (Lipinski definition) is 0. The first-order valence-electron chi connectivity index (χ1n) is 30.5. The fourth-order valence-corrected chi connectivity index (χ4v) is 16.3. The Morgan fingerprint density at radius 3 is 0.951 bits per heavy atom. The second kappa shape index (κ2) is 19.6. The second-order valence-corrected chi connectivity index (χ2v) is 25.3. The van der Waals surface area contributed by atoms with Crippen LogP contribution in [0, 0.1) is 0 Å². The number of fused-ring (bicyclic) bond motifs is 8. The van der Waals surface area contributed by atoms with Crippen LogP contribution in [0.3, 0.4) is 0 Å². The standard InChI is InChI=1S/C80H72N2/c1-77-47-19-9-21-49-79(77,3)81(65-27-15-7-16-28-65)73-45-41-63(53-71(73)77)61-39-43-67-69(51-61)75(59-35-31-57(32-36-59)55-23-11-5-12-24-55)68-44-40-62(52-70(68)76(67)60-37-33-58(34-38-60)56-25-13-6-14-26-56)64-42-46-74-72(54-64)78(2)48-20-10-22-50-80(78,4)82(74)66-29-17-8-18-30-66/h5-8,11-18,23-46,51-54H,9-10,19-22,47-50H2,1-4H3. The molecular formula is C80H72N2. The molecule has 0 aromatic heterocycles. The highest BCUT2D eigenvalue weighted by molar-refractivity contribution is 6.22. The van der Waals surface area contributed by atoms with E-state index >= 15 is 0 Å². The molecule has 4 atom stereocenters. The molecule has 82 heavy (non-hydrogen) atoms. The Balaban J connectivity index is 0.956. The highest BCUT2D eigenvalue weighted by atomic mass is 15.3. The van der Waals surface area contributed by atoms with Gasteiger partial charge in [-0.05, 0) is 200 Å². The van der Waals surface area contributed by atoms with E-state index in [1.807, 2.05) is 0 Å². The lowest BCUT2D eigenvalue weighted by molar-refractivity contribution is 0.261. The van der Waals surface area contributed by atoms with Crippen LogP contribution in [0.2, 0.25) is 0 Å². The zero-order chi connectivity index (χ0) is 55.2. The highest BCUT2D eigenvalue weighted by Gasteiger charge is 2.58. The number of rotatable bonds is 8. The minimum atomic E-state index is -0.0346. The van der Waals surface area contributed by atoms with E-state index in [0.29, 0.717) is 0 Å². The smallest absolute Gasteiger partial charge is 0.0517 e. The quantitative estimate of drug-likeness (QED) is 0.140. The monoisotopic (exact) mass is 1060 g/mol. The number of para-hydroxylation sites is 2. The molecule has 2 heteroatoms. The molecule has 0 amide bonds. The molecule has 0 N–H and O–H groups in total. The normalized spacial score (nSPS) is 22.0. The van der Waals surface area contributed by atoms with Crippen LogP contribution in [0.5, 0.6) is 0 Å². The first-order chi connectivity index (χ1) is 40.1. The third-order valence-electron chi connectivity index (χ3n) is 21.1. The predicted octanol–water partition coefficient (Wildman–Crippen LogP) is 22.3. The average molecular weight is 1060 g/mol. The van der Waals surface area contributed by atoms with Gasteiger partial charge in [-0.25, -0.2) is 0 Å². The maximum atomic E-state index is 2.71. The van der Waals surface area contributed by atoms with Gasteiger partial charge in [-0.1, -0.05) is 234 Å². The Hall–Kier alpha value is -8.46. The van der Waals surface area contributed by atoms with E-state index in [1.165, 1.54) is 186 Å². The molecule has 11 aromatic carbocycles. The Morgan fingerprint density at radius 2 is 0.561 bits per heavy atom. The molecule has 2 aliphatic heterocycles. The van der Waals surface area contributed by atoms with Crippen LogP contribution in [-0.4, -0.2) is 11.1 Å². The Labute approximate surface area is 485 Å². The number of hydrogen-bond acceptors (Lipinski definition) is 2. The van der Waals surface area contributed by atoms with Gasteiger partial charge in [0.15, 0.2) is 0 Å². The molecule has 2 fully saturated rings. The van der Waals surface area contributed by atoms with E-state index in [4.69, 9.17) is 0 Å². The van der Waals surface area contributed by atoms with E-state index in [2.05, 4.69) is 280 Å². The molecule has 4 aliphatic rings. The van der Waals surface area contributed by atoms with Crippen molar-refractivity contribution < 1.29 is 0 Å². The van der Waals surface area contributed by atoms with E-state index in [9.17, 15) is 0 Å². The summed E-state index contributed by atoms with van der Waals surface area (Å²) in [7, 11) is 0. The van der Waals surface area contributed by atoms with Gasteiger partial charge in [0.1, 0.15) is 0 Å². The summed E-state index contributed by atoms with van der Waals surface area (Å²) in [5.74, 6) is 0. The van der Waals surface area contributed by atoms with Crippen molar-refractivity contribution in [2.24, 2.45) is 0 Å². The van der Waals surface area contributed by atoms with Crippen LogP contribution in [0.1, 0.15) is 103 Å². The van der Waals surface area contributed by atoms with Gasteiger partial charge in [0.25, 0.3) is 0 Å². The summed E-state index contributed by atoms with van der Waals surface area (Å²) in [6.45, 7) is 10.3. The summed E-state index contributed by atoms with van der Waals surface area (Å²) < 4.78 is 0. The van der Waals surface area contributed by atoms with Crippen molar-refractivity contribution in [3.63, 3.8) is 0 Å². The third-order valence-corrected chi connectivity index (χ3v) is 21.1. The van der Waals surface area contributed by atoms with Gasteiger partial charge in [0.05, 0.1) is 11.1 Å². The van der Waals surface area contributed by atoms with Crippen molar-refractivity contribution in [3.8, 4) is 66.8 Å². The first-order valence-corrected chi connectivity index (χ1v) is 30.5. The summed E-state index contributed by atoms with van der Waals surface area (Å²) in [5, 5.41) is 5.06. The molecule has 2 saturated carbocycles. The van der Waals surface area contributed by atoms with Crippen LogP contribution < -0.4 is 9.80 Å². The number of benzene rings is 11. The zero-order valence-electron chi connectivity index (χ0n) is 48.1. The second-order valence-electron chi connectivity index (χ2n) is 25.3. The van der Waals surface area contributed by atoms with Crippen LogP contribution in [0.15, 0.2) is 243 Å². The lowest BCUT2D eigenvalue weighted by atomic mass is 9.66. The Bertz CT molecular complexity index is 3930. The van der Waals surface area contributed by atoms with Crippen LogP contribution in [0.25, 0.3) is 88.3 Å². The highest BCUT2D eigenvalue weighted by Crippen LogP contribution is 2.62. The predicted molar refractivity (Wildman–Crippen MR) is 349 cm³/mol. The topological polar surface area (TPSA) is 6.48 Å². The van der Waals surface area contributed by atoms with Crippen LogP contribution in [0.4, 0.5) is 22.7 Å². The molecule has 2 heterocycles. The number of nitrogens with zero attached hydrogens (tertiary/aromatic N) is 2. The lowest BCUT2D eigenvalue weighted by Crippen LogP contribution is -2.52. The fourth-order valence-electron chi connectivity index (χ4n) is 16.3. The maximum Gasteiger partial charge on any atom is 0.0517 e. The Kier molecular flexibility index (Phi) is 12.1. The largest absolute Gasteiger partial charge is 0.334 e. The first kappa shape index (κ1) is 50.5. The summed E-state index contributed by atoms with van der Waals surface area (Å²) in [4.78, 5) is 5.42. The van der Waals surface area contributed by atoms with E-state index < -0.39 is 0 Å². The van der Waals surface area contributed by atoms with Crippen molar-refractivity contribution >= 4 is 44.3 Å². The summed E-state index contributed by atoms with van der Waals surface area (Å²) in [6.07, 6.45) is 12.3. The zero-order valence-corrected chi connectivity index (χ0v) is 48.1. The van der Waals surface area contributed by atoms with Gasteiger partial charge in [-0.15, -0.1) is 0 Å². The van der Waals surface area contributed by atoms with Crippen molar-refractivity contribution in [2.75, 3.05) is 9.80 Å². The number of anilines is 4. The van der Waals surface area contributed by atoms with Crippen molar-refractivity contribution in [3.05, 3.63) is 254 Å². The van der Waals surface area contributed by atoms with Gasteiger partial charge in [0, 0.05) is 33.6 Å². The van der Waals surface area contributed by atoms with Gasteiger partial charge in [0.2, 0.25) is 0 Å². The van der Waals surface area contributed by atoms with Crippen molar-refractivity contribution in [2.45, 2.75) is 114 Å². The fraction of sp³-hybridized carbons (Fsp3) is 0.225. The van der Waals surface area contributed by atoms with Gasteiger partial charge >= 0.3 is 0 Å². The van der Waals surface area contributed by atoms with E-state index in [1.54, 1.807) is 0 Å². The van der Waals surface area contributed by atoms with Crippen LogP contribution >= 0.6 is 0 Å². The SMILES string of the molecule is CC12CCCCCC1(C)N(c1ccccc1)c1ccc(-c3ccc4c(-c5ccc(-c6ccccc6)cc5)c5cc(-c6ccc7c(c6)C6(C)CCCCCC6(C)N7c6ccccc6)ccc5c(-c5ccc(-c6ccccc6)cc5)c4c3)cc12. The molecule has 2 nitrogen and oxygen atoms in total. The molecule has 2 aliphatic carbocycles. The van der Waals surface area contributed by atoms with Gasteiger partial charge < -0.3 is 9.80 Å². The van der Waals surface area contributed by atoms with Gasteiger partial charge in [-0.2, -0.15) is 0 Å². The molecular weight excluding hydrogens is 989 g/mol. The Morgan fingerprint density at radius 1 is 0.256 bits per heavy atom.